The Morgan fingerprint density at radius 3 is 2.79 bits per heavy atom. The summed E-state index contributed by atoms with van der Waals surface area (Å²) in [5.74, 6) is 0. The van der Waals surface area contributed by atoms with Gasteiger partial charge in [0.1, 0.15) is 0 Å². The number of hydrogen-bond donors (Lipinski definition) is 1. The molecule has 108 valence electrons. The Morgan fingerprint density at radius 1 is 1.11 bits per heavy atom. The van der Waals surface area contributed by atoms with E-state index < -0.39 is 0 Å². The molecule has 1 aromatic rings. The second-order valence-corrected chi connectivity index (χ2v) is 4.41. The maximum absolute atomic E-state index is 5.46. The van der Waals surface area contributed by atoms with Gasteiger partial charge in [-0.05, 0) is 44.4 Å². The Balaban J connectivity index is 1.79. The van der Waals surface area contributed by atoms with Crippen molar-refractivity contribution in [2.24, 2.45) is 0 Å². The topological polar surface area (TPSA) is 43.4 Å². The summed E-state index contributed by atoms with van der Waals surface area (Å²) in [6.45, 7) is 6.99. The van der Waals surface area contributed by atoms with E-state index in [1.54, 1.807) is 6.20 Å². The third-order valence-corrected chi connectivity index (χ3v) is 2.77. The quantitative estimate of drug-likeness (QED) is 0.590. The highest BCUT2D eigenvalue weighted by Crippen LogP contribution is 1.97. The lowest BCUT2D eigenvalue weighted by Crippen LogP contribution is -2.14. The fourth-order valence-corrected chi connectivity index (χ4v) is 1.73. The molecule has 0 atom stereocenters. The van der Waals surface area contributed by atoms with Gasteiger partial charge in [-0.2, -0.15) is 0 Å². The highest BCUT2D eigenvalue weighted by molar-refractivity contribution is 5.07. The van der Waals surface area contributed by atoms with Crippen molar-refractivity contribution in [3.8, 4) is 0 Å². The standard InChI is InChI=1S/C15H26N2O2/c1-2-18-11-12-19-10-5-3-4-8-16-13-15-7-6-9-17-14-15/h6-7,9,14,16H,2-5,8,10-13H2,1H3. The van der Waals surface area contributed by atoms with E-state index in [2.05, 4.69) is 16.4 Å². The SMILES string of the molecule is CCOCCOCCCCCNCc1cccnc1. The van der Waals surface area contributed by atoms with Gasteiger partial charge in [0.15, 0.2) is 0 Å². The number of unbranched alkanes of at least 4 members (excludes halogenated alkanes) is 2. The van der Waals surface area contributed by atoms with Crippen LogP contribution in [0, 0.1) is 0 Å². The maximum atomic E-state index is 5.46. The zero-order chi connectivity index (χ0) is 13.6. The van der Waals surface area contributed by atoms with Crippen molar-refractivity contribution < 1.29 is 9.47 Å². The van der Waals surface area contributed by atoms with E-state index in [-0.39, 0.29) is 0 Å². The van der Waals surface area contributed by atoms with Crippen LogP contribution in [0.15, 0.2) is 24.5 Å². The lowest BCUT2D eigenvalue weighted by atomic mass is 10.2. The van der Waals surface area contributed by atoms with Crippen molar-refractivity contribution >= 4 is 0 Å². The van der Waals surface area contributed by atoms with E-state index in [4.69, 9.17) is 9.47 Å². The molecule has 0 bridgehead atoms. The number of pyridine rings is 1. The number of rotatable bonds is 12. The summed E-state index contributed by atoms with van der Waals surface area (Å²) in [6, 6.07) is 4.06. The molecule has 19 heavy (non-hydrogen) atoms. The van der Waals surface area contributed by atoms with Gasteiger partial charge < -0.3 is 14.8 Å². The second kappa shape index (κ2) is 12.1. The van der Waals surface area contributed by atoms with Crippen LogP contribution in [0.25, 0.3) is 0 Å². The Labute approximate surface area is 116 Å². The zero-order valence-electron chi connectivity index (χ0n) is 11.9. The van der Waals surface area contributed by atoms with E-state index in [1.165, 1.54) is 18.4 Å². The molecule has 0 unspecified atom stereocenters. The van der Waals surface area contributed by atoms with Crippen molar-refractivity contribution in [2.75, 3.05) is 33.0 Å². The minimum atomic E-state index is 0.711. The monoisotopic (exact) mass is 266 g/mol. The summed E-state index contributed by atoms with van der Waals surface area (Å²) in [5.41, 5.74) is 1.24. The molecule has 0 saturated carbocycles. The van der Waals surface area contributed by atoms with Gasteiger partial charge in [-0.15, -0.1) is 0 Å². The van der Waals surface area contributed by atoms with E-state index >= 15 is 0 Å². The van der Waals surface area contributed by atoms with Gasteiger partial charge in [0.2, 0.25) is 0 Å². The summed E-state index contributed by atoms with van der Waals surface area (Å²) in [6.07, 6.45) is 7.22. The van der Waals surface area contributed by atoms with Crippen LogP contribution in [0.4, 0.5) is 0 Å². The Morgan fingerprint density at radius 2 is 2.00 bits per heavy atom. The van der Waals surface area contributed by atoms with Crippen molar-refractivity contribution in [1.82, 2.24) is 10.3 Å². The highest BCUT2D eigenvalue weighted by Gasteiger charge is 1.93. The molecule has 0 fully saturated rings. The first-order chi connectivity index (χ1) is 9.43. The van der Waals surface area contributed by atoms with Gasteiger partial charge in [0.25, 0.3) is 0 Å². The minimum Gasteiger partial charge on any atom is -0.379 e. The van der Waals surface area contributed by atoms with Crippen LogP contribution in [0.2, 0.25) is 0 Å². The van der Waals surface area contributed by atoms with Crippen LogP contribution in [0.5, 0.6) is 0 Å². The molecule has 4 nitrogen and oxygen atoms in total. The van der Waals surface area contributed by atoms with Crippen LogP contribution in [0.3, 0.4) is 0 Å². The van der Waals surface area contributed by atoms with Crippen LogP contribution in [-0.4, -0.2) is 38.0 Å². The van der Waals surface area contributed by atoms with Crippen LogP contribution in [-0.2, 0) is 16.0 Å². The molecule has 0 saturated heterocycles. The molecule has 1 rings (SSSR count). The first kappa shape index (κ1) is 16.1. The lowest BCUT2D eigenvalue weighted by Gasteiger charge is -2.06. The van der Waals surface area contributed by atoms with Gasteiger partial charge in [-0.1, -0.05) is 6.07 Å². The van der Waals surface area contributed by atoms with Crippen molar-refractivity contribution in [1.29, 1.82) is 0 Å². The minimum absolute atomic E-state index is 0.711. The fourth-order valence-electron chi connectivity index (χ4n) is 1.73. The predicted octanol–water partition coefficient (Wildman–Crippen LogP) is 2.39. The summed E-state index contributed by atoms with van der Waals surface area (Å²) >= 11 is 0. The van der Waals surface area contributed by atoms with Gasteiger partial charge in [-0.25, -0.2) is 0 Å². The second-order valence-electron chi connectivity index (χ2n) is 4.41. The largest absolute Gasteiger partial charge is 0.379 e. The first-order valence-corrected chi connectivity index (χ1v) is 7.18. The van der Waals surface area contributed by atoms with Crippen molar-refractivity contribution in [3.63, 3.8) is 0 Å². The summed E-state index contributed by atoms with van der Waals surface area (Å²) in [5, 5.41) is 3.42. The van der Waals surface area contributed by atoms with Crippen molar-refractivity contribution in [3.05, 3.63) is 30.1 Å². The third-order valence-electron chi connectivity index (χ3n) is 2.77. The Bertz CT molecular complexity index is 293. The first-order valence-electron chi connectivity index (χ1n) is 7.18. The Kier molecular flexibility index (Phi) is 10.2. The highest BCUT2D eigenvalue weighted by atomic mass is 16.5. The molecule has 0 radical (unpaired) electrons. The molecule has 1 aromatic heterocycles. The number of hydrogen-bond acceptors (Lipinski definition) is 4. The predicted molar refractivity (Wildman–Crippen MR) is 77.1 cm³/mol. The molecule has 0 aliphatic carbocycles. The number of ether oxygens (including phenoxy) is 2. The fraction of sp³-hybridized carbons (Fsp3) is 0.667. The lowest BCUT2D eigenvalue weighted by molar-refractivity contribution is 0.0513. The van der Waals surface area contributed by atoms with Gasteiger partial charge in [-0.3, -0.25) is 4.98 Å². The van der Waals surface area contributed by atoms with E-state index in [9.17, 15) is 0 Å². The average molecular weight is 266 g/mol. The molecule has 0 aromatic carbocycles. The van der Waals surface area contributed by atoms with Crippen LogP contribution in [0.1, 0.15) is 31.7 Å². The molecule has 0 amide bonds. The third kappa shape index (κ3) is 9.59. The number of nitrogens with one attached hydrogen (secondary N) is 1. The molecule has 4 heteroatoms. The summed E-state index contributed by atoms with van der Waals surface area (Å²) in [7, 11) is 0. The van der Waals surface area contributed by atoms with Crippen LogP contribution < -0.4 is 5.32 Å². The van der Waals surface area contributed by atoms with Gasteiger partial charge in [0.05, 0.1) is 13.2 Å². The molecule has 0 aliphatic heterocycles. The van der Waals surface area contributed by atoms with Gasteiger partial charge >= 0.3 is 0 Å². The number of aromatic nitrogens is 1. The smallest absolute Gasteiger partial charge is 0.0700 e. The average Bonchev–Trinajstić information content (AvgIpc) is 2.46. The van der Waals surface area contributed by atoms with Crippen molar-refractivity contribution in [2.45, 2.75) is 32.7 Å². The maximum Gasteiger partial charge on any atom is 0.0700 e. The Hall–Kier alpha value is -0.970. The van der Waals surface area contributed by atoms with E-state index in [0.29, 0.717) is 13.2 Å². The zero-order valence-corrected chi connectivity index (χ0v) is 11.9. The molecular weight excluding hydrogens is 240 g/mol. The molecular formula is C15H26N2O2. The van der Waals surface area contributed by atoms with Crippen LogP contribution >= 0.6 is 0 Å². The molecule has 0 aliphatic rings. The normalized spacial score (nSPS) is 10.8. The molecule has 0 spiro atoms. The summed E-state index contributed by atoms with van der Waals surface area (Å²) in [4.78, 5) is 4.09. The van der Waals surface area contributed by atoms with E-state index in [0.717, 1.165) is 32.7 Å². The number of nitrogens with zero attached hydrogens (tertiary/aromatic N) is 1. The van der Waals surface area contributed by atoms with Gasteiger partial charge in [0, 0.05) is 32.2 Å². The molecule has 1 heterocycles. The summed E-state index contributed by atoms with van der Waals surface area (Å²) < 4.78 is 10.7. The molecule has 1 N–H and O–H groups in total. The van der Waals surface area contributed by atoms with E-state index in [1.807, 2.05) is 19.2 Å².